The van der Waals surface area contributed by atoms with Gasteiger partial charge >= 0.3 is 5.97 Å². The van der Waals surface area contributed by atoms with Gasteiger partial charge in [0.1, 0.15) is 5.01 Å². The molecule has 2 rings (SSSR count). The molecule has 5 nitrogen and oxygen atoms in total. The molecule has 0 saturated carbocycles. The Hall–Kier alpha value is -1.79. The van der Waals surface area contributed by atoms with E-state index in [2.05, 4.69) is 15.3 Å². The van der Waals surface area contributed by atoms with Crippen LogP contribution >= 0.6 is 11.3 Å². The molecule has 2 N–H and O–H groups in total. The molecule has 0 aliphatic heterocycles. The topological polar surface area (TPSA) is 75.1 Å². The van der Waals surface area contributed by atoms with Crippen molar-refractivity contribution in [2.75, 3.05) is 6.54 Å². The molecule has 0 saturated heterocycles. The first-order valence-corrected chi connectivity index (χ1v) is 5.92. The Morgan fingerprint density at radius 1 is 1.47 bits per heavy atom. The van der Waals surface area contributed by atoms with Gasteiger partial charge in [-0.1, -0.05) is 6.07 Å². The smallest absolute Gasteiger partial charge is 0.317 e. The van der Waals surface area contributed by atoms with Crippen molar-refractivity contribution in [2.24, 2.45) is 0 Å². The first kappa shape index (κ1) is 11.7. The molecule has 6 heteroatoms. The SMILES string of the molecule is O=C(O)CNCc1csc(-c2ccccn2)n1. The number of nitrogens with one attached hydrogen (secondary N) is 1. The molecule has 0 bridgehead atoms. The van der Waals surface area contributed by atoms with Crippen molar-refractivity contribution in [3.63, 3.8) is 0 Å². The van der Waals surface area contributed by atoms with Crippen LogP contribution in [0.5, 0.6) is 0 Å². The molecular formula is C11H11N3O2S. The first-order chi connectivity index (χ1) is 8.25. The van der Waals surface area contributed by atoms with Gasteiger partial charge in [0.2, 0.25) is 0 Å². The number of rotatable bonds is 5. The lowest BCUT2D eigenvalue weighted by atomic mass is 10.3. The number of carboxylic acid groups (broad SMARTS) is 1. The average Bonchev–Trinajstić information content (AvgIpc) is 2.78. The maximum absolute atomic E-state index is 10.3. The van der Waals surface area contributed by atoms with Crippen LogP contribution in [0, 0.1) is 0 Å². The molecule has 0 spiro atoms. The standard InChI is InChI=1S/C11H11N3O2S/c15-10(16)6-12-5-8-7-17-11(14-8)9-3-1-2-4-13-9/h1-4,7,12H,5-6H2,(H,15,16). The van der Waals surface area contributed by atoms with E-state index in [0.717, 1.165) is 16.4 Å². The number of hydrogen-bond donors (Lipinski definition) is 2. The predicted octanol–water partition coefficient (Wildman–Crippen LogP) is 1.38. The lowest BCUT2D eigenvalue weighted by molar-refractivity contribution is -0.135. The molecule has 88 valence electrons. The number of carboxylic acids is 1. The van der Waals surface area contributed by atoms with Crippen LogP contribution in [0.25, 0.3) is 10.7 Å². The molecule has 0 aromatic carbocycles. The van der Waals surface area contributed by atoms with Crippen molar-refractivity contribution >= 4 is 17.3 Å². The lowest BCUT2D eigenvalue weighted by Gasteiger charge is -1.97. The predicted molar refractivity (Wildman–Crippen MR) is 64.7 cm³/mol. The zero-order valence-electron chi connectivity index (χ0n) is 8.96. The minimum atomic E-state index is -0.870. The number of hydrogen-bond acceptors (Lipinski definition) is 5. The third-order valence-corrected chi connectivity index (χ3v) is 2.93. The van der Waals surface area contributed by atoms with Crippen LogP contribution in [0.1, 0.15) is 5.69 Å². The van der Waals surface area contributed by atoms with Gasteiger partial charge in [0.05, 0.1) is 17.9 Å². The Bertz CT molecular complexity index is 498. The van der Waals surface area contributed by atoms with E-state index < -0.39 is 5.97 Å². The molecule has 0 unspecified atom stereocenters. The Morgan fingerprint density at radius 2 is 2.35 bits per heavy atom. The van der Waals surface area contributed by atoms with E-state index in [-0.39, 0.29) is 6.54 Å². The Labute approximate surface area is 102 Å². The average molecular weight is 249 g/mol. The van der Waals surface area contributed by atoms with Gasteiger partial charge in [0.25, 0.3) is 0 Å². The summed E-state index contributed by atoms with van der Waals surface area (Å²) in [7, 11) is 0. The van der Waals surface area contributed by atoms with Crippen molar-refractivity contribution < 1.29 is 9.90 Å². The Morgan fingerprint density at radius 3 is 3.06 bits per heavy atom. The zero-order valence-corrected chi connectivity index (χ0v) is 9.78. The molecule has 0 amide bonds. The largest absolute Gasteiger partial charge is 0.480 e. The minimum Gasteiger partial charge on any atom is -0.480 e. The van der Waals surface area contributed by atoms with E-state index in [0.29, 0.717) is 6.54 Å². The van der Waals surface area contributed by atoms with Crippen molar-refractivity contribution in [1.29, 1.82) is 0 Å². The van der Waals surface area contributed by atoms with Crippen LogP contribution in [-0.4, -0.2) is 27.6 Å². The van der Waals surface area contributed by atoms with Crippen molar-refractivity contribution in [2.45, 2.75) is 6.54 Å². The minimum absolute atomic E-state index is 0.0591. The maximum atomic E-state index is 10.3. The highest BCUT2D eigenvalue weighted by Gasteiger charge is 2.05. The third kappa shape index (κ3) is 3.33. The van der Waals surface area contributed by atoms with E-state index in [4.69, 9.17) is 5.11 Å². The number of thiazole rings is 1. The fourth-order valence-corrected chi connectivity index (χ4v) is 2.09. The molecular weight excluding hydrogens is 238 g/mol. The second-order valence-electron chi connectivity index (χ2n) is 3.36. The summed E-state index contributed by atoms with van der Waals surface area (Å²) in [5, 5.41) is 14.0. The monoisotopic (exact) mass is 249 g/mol. The number of nitrogens with zero attached hydrogens (tertiary/aromatic N) is 2. The summed E-state index contributed by atoms with van der Waals surface area (Å²) in [5.41, 5.74) is 1.67. The Kier molecular flexibility index (Phi) is 3.79. The maximum Gasteiger partial charge on any atom is 0.317 e. The zero-order chi connectivity index (χ0) is 12.1. The summed E-state index contributed by atoms with van der Waals surface area (Å²) in [6.45, 7) is 0.395. The van der Waals surface area contributed by atoms with Crippen molar-refractivity contribution in [1.82, 2.24) is 15.3 Å². The summed E-state index contributed by atoms with van der Waals surface area (Å²) >= 11 is 1.50. The number of aromatic nitrogens is 2. The van der Waals surface area contributed by atoms with Gasteiger partial charge in [-0.25, -0.2) is 4.98 Å². The number of aliphatic carboxylic acids is 1. The quantitative estimate of drug-likeness (QED) is 0.837. The highest BCUT2D eigenvalue weighted by molar-refractivity contribution is 7.13. The first-order valence-electron chi connectivity index (χ1n) is 5.04. The van der Waals surface area contributed by atoms with E-state index in [1.807, 2.05) is 23.6 Å². The van der Waals surface area contributed by atoms with E-state index in [1.165, 1.54) is 11.3 Å². The molecule has 0 aliphatic carbocycles. The molecule has 0 fully saturated rings. The van der Waals surface area contributed by atoms with Gasteiger partial charge in [-0.05, 0) is 12.1 Å². The number of pyridine rings is 1. The highest BCUT2D eigenvalue weighted by Crippen LogP contribution is 2.20. The summed E-state index contributed by atoms with van der Waals surface area (Å²) in [6.07, 6.45) is 1.72. The summed E-state index contributed by atoms with van der Waals surface area (Å²) in [6, 6.07) is 5.66. The van der Waals surface area contributed by atoms with Crippen LogP contribution in [0.3, 0.4) is 0 Å². The third-order valence-electron chi connectivity index (χ3n) is 2.02. The van der Waals surface area contributed by atoms with Gasteiger partial charge in [0.15, 0.2) is 0 Å². The van der Waals surface area contributed by atoms with Crippen LogP contribution in [-0.2, 0) is 11.3 Å². The van der Waals surface area contributed by atoms with Crippen LogP contribution in [0.2, 0.25) is 0 Å². The molecule has 0 atom stereocenters. The second kappa shape index (κ2) is 5.51. The molecule has 0 aliphatic rings. The summed E-state index contributed by atoms with van der Waals surface area (Å²) in [4.78, 5) is 18.9. The van der Waals surface area contributed by atoms with Crippen molar-refractivity contribution in [3.05, 3.63) is 35.5 Å². The van der Waals surface area contributed by atoms with Gasteiger partial charge < -0.3 is 10.4 Å². The summed E-state index contributed by atoms with van der Waals surface area (Å²) in [5.74, 6) is -0.870. The van der Waals surface area contributed by atoms with E-state index in [9.17, 15) is 4.79 Å². The van der Waals surface area contributed by atoms with Gasteiger partial charge in [0, 0.05) is 18.1 Å². The highest BCUT2D eigenvalue weighted by atomic mass is 32.1. The molecule has 2 aromatic heterocycles. The van der Waals surface area contributed by atoms with Crippen LogP contribution in [0.15, 0.2) is 29.8 Å². The summed E-state index contributed by atoms with van der Waals surface area (Å²) < 4.78 is 0. The van der Waals surface area contributed by atoms with E-state index >= 15 is 0 Å². The van der Waals surface area contributed by atoms with Crippen LogP contribution in [0.4, 0.5) is 0 Å². The molecule has 17 heavy (non-hydrogen) atoms. The van der Waals surface area contributed by atoms with Gasteiger partial charge in [-0.15, -0.1) is 11.3 Å². The van der Waals surface area contributed by atoms with Gasteiger partial charge in [-0.2, -0.15) is 0 Å². The molecule has 2 heterocycles. The number of carbonyl (C=O) groups is 1. The fourth-order valence-electron chi connectivity index (χ4n) is 1.29. The normalized spacial score (nSPS) is 10.4. The van der Waals surface area contributed by atoms with Gasteiger partial charge in [-0.3, -0.25) is 9.78 Å². The second-order valence-corrected chi connectivity index (χ2v) is 4.21. The van der Waals surface area contributed by atoms with E-state index in [1.54, 1.807) is 6.20 Å². The molecule has 0 radical (unpaired) electrons. The van der Waals surface area contributed by atoms with Crippen molar-refractivity contribution in [3.8, 4) is 10.7 Å². The lowest BCUT2D eigenvalue weighted by Crippen LogP contribution is -2.21. The Balaban J connectivity index is 1.99. The molecule has 2 aromatic rings. The fraction of sp³-hybridized carbons (Fsp3) is 0.182. The van der Waals surface area contributed by atoms with Crippen LogP contribution < -0.4 is 5.32 Å².